The molecule has 0 unspecified atom stereocenters. The van der Waals surface area contributed by atoms with Gasteiger partial charge in [0.25, 0.3) is 0 Å². The normalized spacial score (nSPS) is 14.1. The molecular weight excluding hydrogens is 276 g/mol. The second kappa shape index (κ2) is 6.22. The number of aromatic nitrogens is 2. The number of hydrogen-bond donors (Lipinski definition) is 2. The zero-order valence-electron chi connectivity index (χ0n) is 13.0. The van der Waals surface area contributed by atoms with Gasteiger partial charge in [-0.1, -0.05) is 26.0 Å². The van der Waals surface area contributed by atoms with E-state index in [-0.39, 0.29) is 6.03 Å². The van der Waals surface area contributed by atoms with Gasteiger partial charge in [0.1, 0.15) is 5.82 Å². The lowest BCUT2D eigenvalue weighted by Gasteiger charge is -2.12. The largest absolute Gasteiger partial charge is 0.335 e. The van der Waals surface area contributed by atoms with Gasteiger partial charge in [-0.3, -0.25) is 0 Å². The smallest absolute Gasteiger partial charge is 0.319 e. The van der Waals surface area contributed by atoms with Crippen molar-refractivity contribution in [1.29, 1.82) is 0 Å². The minimum absolute atomic E-state index is 0.120. The van der Waals surface area contributed by atoms with Crippen LogP contribution in [0.2, 0.25) is 0 Å². The molecule has 116 valence electrons. The summed E-state index contributed by atoms with van der Waals surface area (Å²) in [6.07, 6.45) is 6.01. The SMILES string of the molecule is CC(C)c1nccn1Cc1cccc(NC(=O)NC2CC2)c1. The molecule has 2 aromatic rings. The van der Waals surface area contributed by atoms with E-state index in [1.54, 1.807) is 0 Å². The summed E-state index contributed by atoms with van der Waals surface area (Å²) in [6, 6.07) is 8.19. The van der Waals surface area contributed by atoms with Crippen LogP contribution in [0.4, 0.5) is 10.5 Å². The third-order valence-corrected chi connectivity index (χ3v) is 3.71. The zero-order valence-corrected chi connectivity index (χ0v) is 13.0. The minimum Gasteiger partial charge on any atom is -0.335 e. The van der Waals surface area contributed by atoms with Gasteiger partial charge in [-0.15, -0.1) is 0 Å². The third-order valence-electron chi connectivity index (χ3n) is 3.71. The van der Waals surface area contributed by atoms with Crippen molar-refractivity contribution in [2.24, 2.45) is 0 Å². The van der Waals surface area contributed by atoms with Crippen LogP contribution in [-0.4, -0.2) is 21.6 Å². The van der Waals surface area contributed by atoms with Crippen LogP contribution in [0.1, 0.15) is 44.0 Å². The molecule has 2 amide bonds. The van der Waals surface area contributed by atoms with Crippen LogP contribution in [0.15, 0.2) is 36.7 Å². The summed E-state index contributed by atoms with van der Waals surface area (Å²) in [6.45, 7) is 5.03. The number of amides is 2. The number of carbonyl (C=O) groups excluding carboxylic acids is 1. The highest BCUT2D eigenvalue weighted by atomic mass is 16.2. The molecule has 1 aliphatic rings. The maximum absolute atomic E-state index is 11.8. The lowest BCUT2D eigenvalue weighted by Crippen LogP contribution is -2.30. The Kier molecular flexibility index (Phi) is 4.13. The fourth-order valence-corrected chi connectivity index (χ4v) is 2.48. The van der Waals surface area contributed by atoms with Gasteiger partial charge in [0.2, 0.25) is 0 Å². The van der Waals surface area contributed by atoms with Crippen LogP contribution >= 0.6 is 0 Å². The highest BCUT2D eigenvalue weighted by molar-refractivity contribution is 5.89. The van der Waals surface area contributed by atoms with Crippen molar-refractivity contribution in [3.05, 3.63) is 48.0 Å². The van der Waals surface area contributed by atoms with Crippen molar-refractivity contribution in [3.8, 4) is 0 Å². The van der Waals surface area contributed by atoms with E-state index in [0.717, 1.165) is 36.5 Å². The molecule has 0 atom stereocenters. The predicted octanol–water partition coefficient (Wildman–Crippen LogP) is 3.34. The Balaban J connectivity index is 1.67. The lowest BCUT2D eigenvalue weighted by molar-refractivity contribution is 0.251. The van der Waals surface area contributed by atoms with Crippen molar-refractivity contribution < 1.29 is 4.79 Å². The number of benzene rings is 1. The summed E-state index contributed by atoms with van der Waals surface area (Å²) >= 11 is 0. The molecule has 0 aliphatic heterocycles. The van der Waals surface area contributed by atoms with Crippen molar-refractivity contribution in [1.82, 2.24) is 14.9 Å². The summed E-state index contributed by atoms with van der Waals surface area (Å²) in [4.78, 5) is 16.2. The molecule has 5 heteroatoms. The molecule has 22 heavy (non-hydrogen) atoms. The van der Waals surface area contributed by atoms with E-state index in [4.69, 9.17) is 0 Å². The average molecular weight is 298 g/mol. The van der Waals surface area contributed by atoms with Gasteiger partial charge in [-0.2, -0.15) is 0 Å². The number of imidazole rings is 1. The number of urea groups is 1. The fourth-order valence-electron chi connectivity index (χ4n) is 2.48. The monoisotopic (exact) mass is 298 g/mol. The van der Waals surface area contributed by atoms with Crippen LogP contribution in [0.25, 0.3) is 0 Å². The van der Waals surface area contributed by atoms with Gasteiger partial charge >= 0.3 is 6.03 Å². The molecular formula is C17H22N4O. The van der Waals surface area contributed by atoms with Crippen molar-refractivity contribution in [2.45, 2.75) is 45.2 Å². The fraction of sp³-hybridized carbons (Fsp3) is 0.412. The van der Waals surface area contributed by atoms with Crippen LogP contribution < -0.4 is 10.6 Å². The molecule has 0 radical (unpaired) electrons. The summed E-state index contributed by atoms with van der Waals surface area (Å²) in [5.41, 5.74) is 1.96. The van der Waals surface area contributed by atoms with Gasteiger partial charge in [-0.25, -0.2) is 9.78 Å². The number of rotatable bonds is 5. The summed E-state index contributed by atoms with van der Waals surface area (Å²) < 4.78 is 2.15. The molecule has 2 N–H and O–H groups in total. The van der Waals surface area contributed by atoms with Crippen LogP contribution in [0.5, 0.6) is 0 Å². The maximum Gasteiger partial charge on any atom is 0.319 e. The van der Waals surface area contributed by atoms with E-state index in [9.17, 15) is 4.79 Å². The maximum atomic E-state index is 11.8. The third kappa shape index (κ3) is 3.67. The number of anilines is 1. The molecule has 0 bridgehead atoms. The summed E-state index contributed by atoms with van der Waals surface area (Å²) in [5, 5.41) is 5.82. The van der Waals surface area contributed by atoms with E-state index in [0.29, 0.717) is 12.0 Å². The average Bonchev–Trinajstić information content (AvgIpc) is 3.14. The van der Waals surface area contributed by atoms with Crippen molar-refractivity contribution in [3.63, 3.8) is 0 Å². The first-order chi connectivity index (χ1) is 10.6. The van der Waals surface area contributed by atoms with E-state index < -0.39 is 0 Å². The molecule has 1 fully saturated rings. The molecule has 1 aliphatic carbocycles. The van der Waals surface area contributed by atoms with Gasteiger partial charge in [0.05, 0.1) is 0 Å². The number of nitrogens with one attached hydrogen (secondary N) is 2. The molecule has 5 nitrogen and oxygen atoms in total. The Hall–Kier alpha value is -2.30. The topological polar surface area (TPSA) is 59.0 Å². The van der Waals surface area contributed by atoms with E-state index in [1.165, 1.54) is 0 Å². The van der Waals surface area contributed by atoms with E-state index in [2.05, 4.69) is 40.1 Å². The second-order valence-electron chi connectivity index (χ2n) is 6.14. The Labute approximate surface area is 130 Å². The van der Waals surface area contributed by atoms with Gasteiger partial charge in [-0.05, 0) is 30.5 Å². The summed E-state index contributed by atoms with van der Waals surface area (Å²) in [5.74, 6) is 1.46. The molecule has 3 rings (SSSR count). The van der Waals surface area contributed by atoms with Gasteiger partial charge < -0.3 is 15.2 Å². The first-order valence-electron chi connectivity index (χ1n) is 7.79. The van der Waals surface area contributed by atoms with Crippen LogP contribution in [0, 0.1) is 0 Å². The van der Waals surface area contributed by atoms with Crippen molar-refractivity contribution >= 4 is 11.7 Å². The number of nitrogens with zero attached hydrogens (tertiary/aromatic N) is 2. The minimum atomic E-state index is -0.120. The van der Waals surface area contributed by atoms with Crippen LogP contribution in [0.3, 0.4) is 0 Å². The molecule has 0 spiro atoms. The standard InChI is InChI=1S/C17H22N4O/c1-12(2)16-18-8-9-21(16)11-13-4-3-5-15(10-13)20-17(22)19-14-6-7-14/h3-5,8-10,12,14H,6-7,11H2,1-2H3,(H2,19,20,22). The second-order valence-corrected chi connectivity index (χ2v) is 6.14. The number of carbonyl (C=O) groups is 1. The molecule has 1 saturated carbocycles. The van der Waals surface area contributed by atoms with E-state index >= 15 is 0 Å². The number of hydrogen-bond acceptors (Lipinski definition) is 2. The lowest BCUT2D eigenvalue weighted by atomic mass is 10.1. The first-order valence-corrected chi connectivity index (χ1v) is 7.79. The Morgan fingerprint density at radius 1 is 1.41 bits per heavy atom. The highest BCUT2D eigenvalue weighted by Crippen LogP contribution is 2.19. The molecule has 0 saturated heterocycles. The summed E-state index contributed by atoms with van der Waals surface area (Å²) in [7, 11) is 0. The van der Waals surface area contributed by atoms with E-state index in [1.807, 2.05) is 30.6 Å². The van der Waals surface area contributed by atoms with Crippen molar-refractivity contribution in [2.75, 3.05) is 5.32 Å². The zero-order chi connectivity index (χ0) is 15.5. The highest BCUT2D eigenvalue weighted by Gasteiger charge is 2.23. The first kappa shape index (κ1) is 14.6. The Morgan fingerprint density at radius 2 is 2.23 bits per heavy atom. The quantitative estimate of drug-likeness (QED) is 0.889. The predicted molar refractivity (Wildman–Crippen MR) is 87.0 cm³/mol. The van der Waals surface area contributed by atoms with Gasteiger partial charge in [0, 0.05) is 36.6 Å². The van der Waals surface area contributed by atoms with Crippen LogP contribution in [-0.2, 0) is 6.54 Å². The van der Waals surface area contributed by atoms with Gasteiger partial charge in [0.15, 0.2) is 0 Å². The Bertz CT molecular complexity index is 658. The molecule has 1 heterocycles. The molecule has 1 aromatic heterocycles. The molecule has 1 aromatic carbocycles. The Morgan fingerprint density at radius 3 is 2.95 bits per heavy atom.